The van der Waals surface area contributed by atoms with Crippen LogP contribution in [0, 0.1) is 6.92 Å². The van der Waals surface area contributed by atoms with Gasteiger partial charge in [-0.1, -0.05) is 12.1 Å². The lowest BCUT2D eigenvalue weighted by molar-refractivity contribution is -0.138. The monoisotopic (exact) mass is 435 g/mol. The van der Waals surface area contributed by atoms with Gasteiger partial charge < -0.3 is 14.2 Å². The summed E-state index contributed by atoms with van der Waals surface area (Å²) < 4.78 is 45.5. The molecule has 6 nitrogen and oxygen atoms in total. The average Bonchev–Trinajstić information content (AvgIpc) is 3.42. The molecule has 2 amide bonds. The fourth-order valence-electron chi connectivity index (χ4n) is 4.28. The van der Waals surface area contributed by atoms with E-state index < -0.39 is 17.6 Å². The Kier molecular flexibility index (Phi) is 5.77. The number of nitrogens with zero attached hydrogens (tertiary/aromatic N) is 3. The molecule has 0 radical (unpaired) electrons. The predicted octanol–water partition coefficient (Wildman–Crippen LogP) is 4.26. The highest BCUT2D eigenvalue weighted by atomic mass is 19.4. The SMILES string of the molecule is Cc1oc(C2CCN(C(=O)c3ccccc3C(F)(F)F)CC2)nc1C(=O)N1CCCC1. The second kappa shape index (κ2) is 8.36. The van der Waals surface area contributed by atoms with E-state index >= 15 is 0 Å². The van der Waals surface area contributed by atoms with Gasteiger partial charge in [0.25, 0.3) is 11.8 Å². The molecule has 2 fully saturated rings. The largest absolute Gasteiger partial charge is 0.445 e. The van der Waals surface area contributed by atoms with E-state index in [0.717, 1.165) is 32.0 Å². The number of halogens is 3. The normalized spacial score (nSPS) is 17.9. The first kappa shape index (κ1) is 21.4. The zero-order valence-electron chi connectivity index (χ0n) is 17.2. The Morgan fingerprint density at radius 2 is 1.61 bits per heavy atom. The standard InChI is InChI=1S/C22H24F3N3O3/c1-14-18(21(30)27-10-4-5-11-27)26-19(31-14)15-8-12-28(13-9-15)20(29)16-6-2-3-7-17(16)22(23,24)25/h2-3,6-7,15H,4-5,8-13H2,1H3. The van der Waals surface area contributed by atoms with E-state index in [1.165, 1.54) is 23.1 Å². The van der Waals surface area contributed by atoms with Gasteiger partial charge in [-0.2, -0.15) is 13.2 Å². The summed E-state index contributed by atoms with van der Waals surface area (Å²) in [6.45, 7) is 3.76. The van der Waals surface area contributed by atoms with Gasteiger partial charge in [-0.25, -0.2) is 4.98 Å². The Morgan fingerprint density at radius 3 is 2.26 bits per heavy atom. The molecule has 9 heteroatoms. The summed E-state index contributed by atoms with van der Waals surface area (Å²) in [5.41, 5.74) is -0.927. The zero-order valence-corrected chi connectivity index (χ0v) is 17.2. The van der Waals surface area contributed by atoms with Crippen molar-refractivity contribution in [2.75, 3.05) is 26.2 Å². The van der Waals surface area contributed by atoms with Crippen LogP contribution in [0.4, 0.5) is 13.2 Å². The number of rotatable bonds is 3. The van der Waals surface area contributed by atoms with Crippen LogP contribution in [0.25, 0.3) is 0 Å². The topological polar surface area (TPSA) is 66.7 Å². The van der Waals surface area contributed by atoms with Crippen LogP contribution in [0.5, 0.6) is 0 Å². The van der Waals surface area contributed by atoms with Crippen LogP contribution in [0.2, 0.25) is 0 Å². The third kappa shape index (κ3) is 4.31. The van der Waals surface area contributed by atoms with Crippen molar-refractivity contribution in [2.45, 2.75) is 44.7 Å². The van der Waals surface area contributed by atoms with E-state index in [4.69, 9.17) is 4.42 Å². The van der Waals surface area contributed by atoms with Gasteiger partial charge in [0.15, 0.2) is 11.6 Å². The highest BCUT2D eigenvalue weighted by molar-refractivity contribution is 5.96. The summed E-state index contributed by atoms with van der Waals surface area (Å²) in [6, 6.07) is 4.85. The number of oxazole rings is 1. The van der Waals surface area contributed by atoms with Gasteiger partial charge in [-0.05, 0) is 44.7 Å². The number of carbonyl (C=O) groups is 2. The van der Waals surface area contributed by atoms with Gasteiger partial charge >= 0.3 is 6.18 Å². The lowest BCUT2D eigenvalue weighted by Crippen LogP contribution is -2.38. The summed E-state index contributed by atoms with van der Waals surface area (Å²) in [5, 5.41) is 0. The van der Waals surface area contributed by atoms with E-state index in [2.05, 4.69) is 4.98 Å². The number of aromatic nitrogens is 1. The molecule has 2 aromatic rings. The van der Waals surface area contributed by atoms with Crippen LogP contribution in [-0.2, 0) is 6.18 Å². The van der Waals surface area contributed by atoms with Gasteiger partial charge in [0.1, 0.15) is 5.76 Å². The van der Waals surface area contributed by atoms with Crippen LogP contribution < -0.4 is 0 Å². The van der Waals surface area contributed by atoms with Gasteiger partial charge in [-0.3, -0.25) is 9.59 Å². The summed E-state index contributed by atoms with van der Waals surface area (Å²) in [6.07, 6.45) is -1.59. The Hall–Kier alpha value is -2.84. The number of amides is 2. The molecule has 0 aliphatic carbocycles. The fourth-order valence-corrected chi connectivity index (χ4v) is 4.28. The minimum atomic E-state index is -4.58. The molecule has 2 aliphatic heterocycles. The van der Waals surface area contributed by atoms with Crippen molar-refractivity contribution in [2.24, 2.45) is 0 Å². The van der Waals surface area contributed by atoms with E-state index in [9.17, 15) is 22.8 Å². The Bertz CT molecular complexity index is 972. The van der Waals surface area contributed by atoms with Crippen molar-refractivity contribution in [3.63, 3.8) is 0 Å². The maximum Gasteiger partial charge on any atom is 0.417 e. The first-order chi connectivity index (χ1) is 14.8. The molecule has 2 aliphatic rings. The zero-order chi connectivity index (χ0) is 22.2. The van der Waals surface area contributed by atoms with E-state index in [0.29, 0.717) is 43.3 Å². The molecule has 1 aromatic heterocycles. The van der Waals surface area contributed by atoms with Gasteiger partial charge in [-0.15, -0.1) is 0 Å². The summed E-state index contributed by atoms with van der Waals surface area (Å²) in [4.78, 5) is 33.0. The lowest BCUT2D eigenvalue weighted by Gasteiger charge is -2.31. The van der Waals surface area contributed by atoms with Crippen LogP contribution >= 0.6 is 0 Å². The number of aryl methyl sites for hydroxylation is 1. The van der Waals surface area contributed by atoms with Crippen molar-refractivity contribution in [1.29, 1.82) is 0 Å². The smallest absolute Gasteiger partial charge is 0.417 e. The number of hydrogen-bond donors (Lipinski definition) is 0. The molecule has 4 rings (SSSR count). The molecule has 0 unspecified atom stereocenters. The minimum absolute atomic E-state index is 0.0827. The van der Waals surface area contributed by atoms with Gasteiger partial charge in [0.05, 0.1) is 11.1 Å². The second-order valence-electron chi connectivity index (χ2n) is 8.07. The molecule has 2 saturated heterocycles. The van der Waals surface area contributed by atoms with Crippen molar-refractivity contribution >= 4 is 11.8 Å². The van der Waals surface area contributed by atoms with Crippen LogP contribution in [0.1, 0.15) is 69.7 Å². The van der Waals surface area contributed by atoms with Gasteiger partial charge in [0.2, 0.25) is 0 Å². The molecule has 0 N–H and O–H groups in total. The molecule has 3 heterocycles. The number of hydrogen-bond acceptors (Lipinski definition) is 4. The third-order valence-electron chi connectivity index (χ3n) is 6.00. The van der Waals surface area contributed by atoms with E-state index in [1.807, 2.05) is 0 Å². The first-order valence-electron chi connectivity index (χ1n) is 10.5. The van der Waals surface area contributed by atoms with E-state index in [-0.39, 0.29) is 17.4 Å². The molecular weight excluding hydrogens is 411 g/mol. The lowest BCUT2D eigenvalue weighted by atomic mass is 9.95. The highest BCUT2D eigenvalue weighted by Crippen LogP contribution is 2.34. The first-order valence-corrected chi connectivity index (χ1v) is 10.5. The molecule has 166 valence electrons. The van der Waals surface area contributed by atoms with Crippen molar-refractivity contribution in [1.82, 2.24) is 14.8 Å². The Balaban J connectivity index is 1.43. The summed E-state index contributed by atoms with van der Waals surface area (Å²) in [5.74, 6) is 0.106. The molecule has 31 heavy (non-hydrogen) atoms. The molecule has 0 atom stereocenters. The summed E-state index contributed by atoms with van der Waals surface area (Å²) in [7, 11) is 0. The quantitative estimate of drug-likeness (QED) is 0.723. The minimum Gasteiger partial charge on any atom is -0.445 e. The molecule has 0 spiro atoms. The predicted molar refractivity (Wildman–Crippen MR) is 106 cm³/mol. The molecule has 0 bridgehead atoms. The van der Waals surface area contributed by atoms with Crippen LogP contribution in [0.15, 0.2) is 28.7 Å². The average molecular weight is 435 g/mol. The highest BCUT2D eigenvalue weighted by Gasteiger charge is 2.37. The number of likely N-dealkylation sites (tertiary alicyclic amines) is 2. The molecular formula is C22H24F3N3O3. The molecule has 0 saturated carbocycles. The number of alkyl halides is 3. The Labute approximate surface area is 178 Å². The maximum atomic E-state index is 13.3. The number of benzene rings is 1. The van der Waals surface area contributed by atoms with E-state index in [1.54, 1.807) is 11.8 Å². The van der Waals surface area contributed by atoms with Crippen LogP contribution in [-0.4, -0.2) is 52.8 Å². The van der Waals surface area contributed by atoms with Crippen molar-refractivity contribution in [3.8, 4) is 0 Å². The second-order valence-corrected chi connectivity index (χ2v) is 8.07. The number of piperidine rings is 1. The molecule has 1 aromatic carbocycles. The summed E-state index contributed by atoms with van der Waals surface area (Å²) >= 11 is 0. The number of carbonyl (C=O) groups excluding carboxylic acids is 2. The van der Waals surface area contributed by atoms with Crippen LogP contribution in [0.3, 0.4) is 0 Å². The fraction of sp³-hybridized carbons (Fsp3) is 0.500. The van der Waals surface area contributed by atoms with Crippen molar-refractivity contribution < 1.29 is 27.2 Å². The van der Waals surface area contributed by atoms with Crippen molar-refractivity contribution in [3.05, 3.63) is 52.7 Å². The van der Waals surface area contributed by atoms with Gasteiger partial charge in [0, 0.05) is 32.1 Å². The third-order valence-corrected chi connectivity index (χ3v) is 6.00. The Morgan fingerprint density at radius 1 is 1.00 bits per heavy atom. The maximum absolute atomic E-state index is 13.3.